The average molecular weight is 270 g/mol. The second-order valence-electron chi connectivity index (χ2n) is 5.36. The van der Waals surface area contributed by atoms with Gasteiger partial charge in [0.05, 0.1) is 0 Å². The van der Waals surface area contributed by atoms with Gasteiger partial charge in [0.25, 0.3) is 0 Å². The monoisotopic (exact) mass is 270 g/mol. The Hall–Kier alpha value is -2.03. The van der Waals surface area contributed by atoms with Gasteiger partial charge >= 0.3 is 5.63 Å². The predicted molar refractivity (Wildman–Crippen MR) is 80.3 cm³/mol. The Morgan fingerprint density at radius 1 is 1.05 bits per heavy atom. The van der Waals surface area contributed by atoms with Crippen molar-refractivity contribution in [3.8, 4) is 0 Å². The lowest BCUT2D eigenvalue weighted by molar-refractivity contribution is 0.530. The highest BCUT2D eigenvalue weighted by atomic mass is 16.4. The van der Waals surface area contributed by atoms with Gasteiger partial charge in [-0.3, -0.25) is 0 Å². The quantitative estimate of drug-likeness (QED) is 0.658. The Morgan fingerprint density at radius 2 is 1.85 bits per heavy atom. The highest BCUT2D eigenvalue weighted by Crippen LogP contribution is 2.31. The van der Waals surface area contributed by atoms with E-state index in [0.717, 1.165) is 52.5 Å². The number of hydrogen-bond acceptors (Lipinski definition) is 3. The standard InChI is InChI=1S/C17H18O3/c1-4-5-6-13-8-12-9-14-10(2)7-15(18)20-17(14)11(3)16(12)19-13/h7-9H,4-6H2,1-3H3. The third kappa shape index (κ3) is 2.03. The summed E-state index contributed by atoms with van der Waals surface area (Å²) in [6, 6.07) is 5.68. The summed E-state index contributed by atoms with van der Waals surface area (Å²) < 4.78 is 11.3. The molecule has 0 aliphatic heterocycles. The van der Waals surface area contributed by atoms with Crippen LogP contribution in [-0.2, 0) is 6.42 Å². The predicted octanol–water partition coefficient (Wildman–Crippen LogP) is 4.50. The molecule has 0 spiro atoms. The van der Waals surface area contributed by atoms with E-state index in [4.69, 9.17) is 8.83 Å². The van der Waals surface area contributed by atoms with Crippen LogP contribution >= 0.6 is 0 Å². The van der Waals surface area contributed by atoms with E-state index in [1.54, 1.807) is 0 Å². The number of rotatable bonds is 3. The summed E-state index contributed by atoms with van der Waals surface area (Å²) in [5, 5.41) is 2.07. The fourth-order valence-electron chi connectivity index (χ4n) is 2.67. The highest BCUT2D eigenvalue weighted by Gasteiger charge is 2.13. The Bertz CT molecular complexity index is 837. The fourth-order valence-corrected chi connectivity index (χ4v) is 2.67. The van der Waals surface area contributed by atoms with Crippen molar-refractivity contribution in [3.05, 3.63) is 45.5 Å². The minimum Gasteiger partial charge on any atom is -0.461 e. The van der Waals surface area contributed by atoms with Crippen molar-refractivity contribution in [2.45, 2.75) is 40.0 Å². The van der Waals surface area contributed by atoms with Gasteiger partial charge in [-0.1, -0.05) is 13.3 Å². The van der Waals surface area contributed by atoms with E-state index in [-0.39, 0.29) is 5.63 Å². The number of fused-ring (bicyclic) bond motifs is 2. The molecule has 3 aromatic rings. The van der Waals surface area contributed by atoms with Crippen LogP contribution in [0, 0.1) is 13.8 Å². The van der Waals surface area contributed by atoms with Gasteiger partial charge < -0.3 is 8.83 Å². The normalized spacial score (nSPS) is 11.6. The van der Waals surface area contributed by atoms with Gasteiger partial charge in [-0.25, -0.2) is 4.79 Å². The van der Waals surface area contributed by atoms with Crippen LogP contribution in [0.5, 0.6) is 0 Å². The lowest BCUT2D eigenvalue weighted by Gasteiger charge is -2.03. The first kappa shape index (κ1) is 13.0. The van der Waals surface area contributed by atoms with E-state index in [1.807, 2.05) is 13.8 Å². The zero-order chi connectivity index (χ0) is 14.3. The first-order valence-corrected chi connectivity index (χ1v) is 7.06. The second kappa shape index (κ2) is 4.82. The summed E-state index contributed by atoms with van der Waals surface area (Å²) in [5.41, 5.74) is 3.00. The molecule has 0 bridgehead atoms. The molecule has 0 atom stereocenters. The van der Waals surface area contributed by atoms with Crippen molar-refractivity contribution < 1.29 is 8.83 Å². The molecule has 0 aliphatic rings. The Balaban J connectivity index is 2.29. The summed E-state index contributed by atoms with van der Waals surface area (Å²) in [7, 11) is 0. The first-order valence-electron chi connectivity index (χ1n) is 7.06. The molecule has 0 radical (unpaired) electrons. The number of hydrogen-bond donors (Lipinski definition) is 0. The van der Waals surface area contributed by atoms with Crippen LogP contribution in [0.2, 0.25) is 0 Å². The summed E-state index contributed by atoms with van der Waals surface area (Å²) in [5.74, 6) is 1.00. The van der Waals surface area contributed by atoms with Crippen molar-refractivity contribution in [2.75, 3.05) is 0 Å². The molecule has 3 heteroatoms. The van der Waals surface area contributed by atoms with Gasteiger partial charge in [-0.2, -0.15) is 0 Å². The third-order valence-electron chi connectivity index (χ3n) is 3.78. The van der Waals surface area contributed by atoms with Crippen molar-refractivity contribution in [3.63, 3.8) is 0 Å². The summed E-state index contributed by atoms with van der Waals surface area (Å²) in [4.78, 5) is 11.5. The van der Waals surface area contributed by atoms with Crippen LogP contribution in [0.25, 0.3) is 21.9 Å². The van der Waals surface area contributed by atoms with Crippen molar-refractivity contribution in [1.82, 2.24) is 0 Å². The van der Waals surface area contributed by atoms with Crippen LogP contribution in [-0.4, -0.2) is 0 Å². The minimum absolute atomic E-state index is 0.310. The van der Waals surface area contributed by atoms with Gasteiger partial charge in [-0.05, 0) is 38.0 Å². The highest BCUT2D eigenvalue weighted by molar-refractivity contribution is 5.98. The van der Waals surface area contributed by atoms with Gasteiger partial charge in [0.1, 0.15) is 16.9 Å². The molecule has 3 rings (SSSR count). The molecule has 0 amide bonds. The number of furan rings is 1. The number of unbranched alkanes of at least 4 members (excludes halogenated alkanes) is 1. The minimum atomic E-state index is -0.310. The van der Waals surface area contributed by atoms with Gasteiger partial charge in [0.15, 0.2) is 0 Å². The van der Waals surface area contributed by atoms with Gasteiger partial charge in [-0.15, -0.1) is 0 Å². The summed E-state index contributed by atoms with van der Waals surface area (Å²) in [6.07, 6.45) is 3.21. The number of benzene rings is 1. The molecule has 0 unspecified atom stereocenters. The fraction of sp³-hybridized carbons (Fsp3) is 0.353. The van der Waals surface area contributed by atoms with Crippen LogP contribution in [0.1, 0.15) is 36.7 Å². The average Bonchev–Trinajstić information content (AvgIpc) is 2.81. The molecule has 0 saturated heterocycles. The van der Waals surface area contributed by atoms with Crippen molar-refractivity contribution in [1.29, 1.82) is 0 Å². The van der Waals surface area contributed by atoms with Crippen molar-refractivity contribution >= 4 is 21.9 Å². The van der Waals surface area contributed by atoms with Crippen LogP contribution in [0.15, 0.2) is 31.8 Å². The topological polar surface area (TPSA) is 43.4 Å². The lowest BCUT2D eigenvalue weighted by Crippen LogP contribution is -1.98. The lowest BCUT2D eigenvalue weighted by atomic mass is 10.0. The maximum atomic E-state index is 11.5. The van der Waals surface area contributed by atoms with E-state index in [1.165, 1.54) is 6.07 Å². The molecule has 2 heterocycles. The van der Waals surface area contributed by atoms with Gasteiger partial charge in [0, 0.05) is 28.8 Å². The molecular formula is C17H18O3. The van der Waals surface area contributed by atoms with E-state index in [2.05, 4.69) is 19.1 Å². The first-order chi connectivity index (χ1) is 9.60. The molecule has 0 N–H and O–H groups in total. The third-order valence-corrected chi connectivity index (χ3v) is 3.78. The maximum absolute atomic E-state index is 11.5. The van der Waals surface area contributed by atoms with E-state index < -0.39 is 0 Å². The maximum Gasteiger partial charge on any atom is 0.336 e. The molecule has 20 heavy (non-hydrogen) atoms. The largest absolute Gasteiger partial charge is 0.461 e. The van der Waals surface area contributed by atoms with Crippen LogP contribution in [0.3, 0.4) is 0 Å². The molecule has 104 valence electrons. The molecule has 0 fully saturated rings. The zero-order valence-corrected chi connectivity index (χ0v) is 12.1. The molecular weight excluding hydrogens is 252 g/mol. The number of aryl methyl sites for hydroxylation is 3. The van der Waals surface area contributed by atoms with Crippen molar-refractivity contribution in [2.24, 2.45) is 0 Å². The second-order valence-corrected chi connectivity index (χ2v) is 5.36. The van der Waals surface area contributed by atoms with Gasteiger partial charge in [0.2, 0.25) is 0 Å². The molecule has 2 aromatic heterocycles. The Labute approximate surface area is 117 Å². The van der Waals surface area contributed by atoms with Crippen LogP contribution < -0.4 is 5.63 Å². The van der Waals surface area contributed by atoms with Crippen LogP contribution in [0.4, 0.5) is 0 Å². The molecule has 3 nitrogen and oxygen atoms in total. The van der Waals surface area contributed by atoms with E-state index in [9.17, 15) is 4.79 Å². The molecule has 0 aliphatic carbocycles. The summed E-state index contributed by atoms with van der Waals surface area (Å²) >= 11 is 0. The van der Waals surface area contributed by atoms with E-state index >= 15 is 0 Å². The molecule has 0 saturated carbocycles. The van der Waals surface area contributed by atoms with E-state index in [0.29, 0.717) is 5.58 Å². The Kier molecular flexibility index (Phi) is 3.13. The SMILES string of the molecule is CCCCc1cc2cc3c(C)cc(=O)oc3c(C)c2o1. The summed E-state index contributed by atoms with van der Waals surface area (Å²) in [6.45, 7) is 6.04. The molecule has 1 aromatic carbocycles. The smallest absolute Gasteiger partial charge is 0.336 e. The Morgan fingerprint density at radius 3 is 2.60 bits per heavy atom. The zero-order valence-electron chi connectivity index (χ0n) is 12.1.